The van der Waals surface area contributed by atoms with Crippen LogP contribution >= 0.6 is 11.6 Å². The molecule has 0 aliphatic carbocycles. The van der Waals surface area contributed by atoms with Gasteiger partial charge in [0, 0.05) is 11.1 Å². The second-order valence-electron chi connectivity index (χ2n) is 3.01. The van der Waals surface area contributed by atoms with E-state index in [9.17, 15) is 18.0 Å². The van der Waals surface area contributed by atoms with E-state index in [4.69, 9.17) is 16.7 Å². The van der Waals surface area contributed by atoms with Crippen LogP contribution in [0.15, 0.2) is 11.6 Å². The zero-order chi connectivity index (χ0) is 12.5. The Hall–Kier alpha value is -1.49. The van der Waals surface area contributed by atoms with Crippen molar-refractivity contribution in [1.29, 1.82) is 0 Å². The summed E-state index contributed by atoms with van der Waals surface area (Å²) in [7, 11) is 0. The summed E-state index contributed by atoms with van der Waals surface area (Å²) in [6.07, 6.45) is 0.701. The van der Waals surface area contributed by atoms with Gasteiger partial charge in [-0.05, 0) is 19.1 Å². The molecule has 0 atom stereocenters. The number of aliphatic carboxylic acids is 1. The molecule has 0 saturated carbocycles. The van der Waals surface area contributed by atoms with Gasteiger partial charge in [0.15, 0.2) is 11.6 Å². The largest absolute Gasteiger partial charge is 0.478 e. The Morgan fingerprint density at radius 3 is 2.44 bits per heavy atom. The molecule has 0 spiro atoms. The van der Waals surface area contributed by atoms with Crippen LogP contribution in [-0.2, 0) is 4.79 Å². The van der Waals surface area contributed by atoms with Gasteiger partial charge in [-0.1, -0.05) is 11.6 Å². The van der Waals surface area contributed by atoms with Crippen LogP contribution in [0.2, 0.25) is 5.02 Å². The quantitative estimate of drug-likeness (QED) is 0.497. The fraction of sp³-hybridized carbons (Fsp3) is 0.100. The van der Waals surface area contributed by atoms with E-state index in [1.54, 1.807) is 0 Å². The summed E-state index contributed by atoms with van der Waals surface area (Å²) < 4.78 is 39.4. The molecule has 0 aromatic heterocycles. The van der Waals surface area contributed by atoms with E-state index in [-0.39, 0.29) is 5.57 Å². The summed E-state index contributed by atoms with van der Waals surface area (Å²) in [6.45, 7) is 1.13. The number of hydrogen-bond donors (Lipinski definition) is 1. The number of carboxylic acids is 1. The lowest BCUT2D eigenvalue weighted by Gasteiger charge is -2.03. The number of halogens is 4. The molecule has 0 radical (unpaired) electrons. The van der Waals surface area contributed by atoms with Crippen molar-refractivity contribution in [2.75, 3.05) is 0 Å². The Balaban J connectivity index is 3.41. The van der Waals surface area contributed by atoms with Crippen LogP contribution in [-0.4, -0.2) is 11.1 Å². The average molecular weight is 251 g/mol. The van der Waals surface area contributed by atoms with Gasteiger partial charge in [0.05, 0.1) is 5.02 Å². The lowest BCUT2D eigenvalue weighted by Crippen LogP contribution is -2.00. The molecule has 1 rings (SSSR count). The van der Waals surface area contributed by atoms with E-state index in [0.717, 1.165) is 6.92 Å². The van der Waals surface area contributed by atoms with Gasteiger partial charge in [0.1, 0.15) is 5.82 Å². The van der Waals surface area contributed by atoms with Gasteiger partial charge in [0.25, 0.3) is 0 Å². The van der Waals surface area contributed by atoms with Crippen molar-refractivity contribution in [2.45, 2.75) is 6.92 Å². The second-order valence-corrected chi connectivity index (χ2v) is 3.42. The Bertz CT molecular complexity index is 483. The van der Waals surface area contributed by atoms with E-state index in [1.165, 1.54) is 0 Å². The maximum absolute atomic E-state index is 13.2. The van der Waals surface area contributed by atoms with E-state index < -0.39 is 34.0 Å². The molecule has 1 aromatic rings. The Morgan fingerprint density at radius 1 is 1.38 bits per heavy atom. The highest BCUT2D eigenvalue weighted by atomic mass is 35.5. The third-order valence-electron chi connectivity index (χ3n) is 1.85. The molecule has 1 aromatic carbocycles. The first-order valence-electron chi connectivity index (χ1n) is 4.09. The predicted molar refractivity (Wildman–Crippen MR) is 52.6 cm³/mol. The van der Waals surface area contributed by atoms with Crippen LogP contribution < -0.4 is 0 Å². The minimum atomic E-state index is -1.51. The normalized spacial score (nSPS) is 11.7. The summed E-state index contributed by atoms with van der Waals surface area (Å²) >= 11 is 5.20. The van der Waals surface area contributed by atoms with Crippen molar-refractivity contribution in [1.82, 2.24) is 0 Å². The molecule has 0 aliphatic rings. The summed E-state index contributed by atoms with van der Waals surface area (Å²) in [4.78, 5) is 10.4. The zero-order valence-electron chi connectivity index (χ0n) is 8.02. The number of carbonyl (C=O) groups is 1. The molecule has 0 fully saturated rings. The van der Waals surface area contributed by atoms with Crippen molar-refractivity contribution in [3.63, 3.8) is 0 Å². The Kier molecular flexibility index (Phi) is 3.59. The molecule has 0 amide bonds. The number of carboxylic acid groups (broad SMARTS) is 1. The summed E-state index contributed by atoms with van der Waals surface area (Å²) in [6, 6.07) is 0.584. The lowest BCUT2D eigenvalue weighted by atomic mass is 10.1. The first kappa shape index (κ1) is 12.6. The minimum Gasteiger partial charge on any atom is -0.478 e. The molecule has 0 unspecified atom stereocenters. The topological polar surface area (TPSA) is 37.3 Å². The Labute approximate surface area is 94.0 Å². The first-order valence-corrected chi connectivity index (χ1v) is 4.47. The number of rotatable bonds is 2. The smallest absolute Gasteiger partial charge is 0.331 e. The van der Waals surface area contributed by atoms with Crippen molar-refractivity contribution < 1.29 is 23.1 Å². The highest BCUT2D eigenvalue weighted by Gasteiger charge is 2.17. The average Bonchev–Trinajstić information content (AvgIpc) is 2.20. The van der Waals surface area contributed by atoms with Crippen LogP contribution in [0.3, 0.4) is 0 Å². The van der Waals surface area contributed by atoms with Gasteiger partial charge in [-0.25, -0.2) is 18.0 Å². The molecule has 0 saturated heterocycles. The van der Waals surface area contributed by atoms with Crippen LogP contribution in [0.4, 0.5) is 13.2 Å². The van der Waals surface area contributed by atoms with E-state index in [1.807, 2.05) is 0 Å². The van der Waals surface area contributed by atoms with Gasteiger partial charge in [-0.15, -0.1) is 0 Å². The Morgan fingerprint density at radius 2 is 1.94 bits per heavy atom. The lowest BCUT2D eigenvalue weighted by molar-refractivity contribution is -0.132. The summed E-state index contributed by atoms with van der Waals surface area (Å²) in [5.41, 5.74) is -1.08. The standard InChI is InChI=1S/C10H6ClF3O2/c1-4(10(15)16)2-5-7(12)3-6(11)9(14)8(5)13/h2-3H,1H3,(H,15,16)/b4-2+. The van der Waals surface area contributed by atoms with E-state index in [0.29, 0.717) is 12.1 Å². The number of benzene rings is 1. The zero-order valence-corrected chi connectivity index (χ0v) is 8.78. The van der Waals surface area contributed by atoms with Crippen molar-refractivity contribution in [3.8, 4) is 0 Å². The van der Waals surface area contributed by atoms with Crippen molar-refractivity contribution >= 4 is 23.6 Å². The van der Waals surface area contributed by atoms with Gasteiger partial charge in [-0.3, -0.25) is 0 Å². The maximum Gasteiger partial charge on any atom is 0.331 e. The molecular weight excluding hydrogens is 245 g/mol. The summed E-state index contributed by atoms with van der Waals surface area (Å²) in [5, 5.41) is 7.82. The van der Waals surface area contributed by atoms with Gasteiger partial charge >= 0.3 is 5.97 Å². The highest BCUT2D eigenvalue weighted by molar-refractivity contribution is 6.30. The second kappa shape index (κ2) is 4.57. The van der Waals surface area contributed by atoms with Crippen molar-refractivity contribution in [2.24, 2.45) is 0 Å². The fourth-order valence-corrected chi connectivity index (χ4v) is 1.17. The molecular formula is C10H6ClF3O2. The molecule has 1 N–H and O–H groups in total. The highest BCUT2D eigenvalue weighted by Crippen LogP contribution is 2.25. The SMILES string of the molecule is C/C(=C\c1c(F)cc(Cl)c(F)c1F)C(=O)O. The van der Waals surface area contributed by atoms with Crippen LogP contribution in [0.25, 0.3) is 6.08 Å². The third-order valence-corrected chi connectivity index (χ3v) is 2.12. The molecule has 16 heavy (non-hydrogen) atoms. The van der Waals surface area contributed by atoms with E-state index >= 15 is 0 Å². The van der Waals surface area contributed by atoms with Crippen LogP contribution in [0.1, 0.15) is 12.5 Å². The first-order chi connectivity index (χ1) is 7.34. The van der Waals surface area contributed by atoms with Crippen molar-refractivity contribution in [3.05, 3.63) is 39.7 Å². The minimum absolute atomic E-state index is 0.320. The van der Waals surface area contributed by atoms with Gasteiger partial charge in [-0.2, -0.15) is 0 Å². The third kappa shape index (κ3) is 2.36. The van der Waals surface area contributed by atoms with Gasteiger partial charge < -0.3 is 5.11 Å². The summed E-state index contributed by atoms with van der Waals surface area (Å²) in [5.74, 6) is -5.39. The van der Waals surface area contributed by atoms with Crippen LogP contribution in [0.5, 0.6) is 0 Å². The monoisotopic (exact) mass is 250 g/mol. The molecule has 0 aliphatic heterocycles. The molecule has 0 bridgehead atoms. The molecule has 0 heterocycles. The maximum atomic E-state index is 13.2. The molecule has 86 valence electrons. The van der Waals surface area contributed by atoms with Crippen LogP contribution in [0, 0.1) is 17.5 Å². The molecule has 6 heteroatoms. The fourth-order valence-electron chi connectivity index (χ4n) is 0.991. The number of hydrogen-bond acceptors (Lipinski definition) is 1. The molecule has 2 nitrogen and oxygen atoms in total. The van der Waals surface area contributed by atoms with Gasteiger partial charge in [0.2, 0.25) is 0 Å². The predicted octanol–water partition coefficient (Wildman–Crippen LogP) is 3.25. The van der Waals surface area contributed by atoms with E-state index in [2.05, 4.69) is 0 Å².